The minimum atomic E-state index is -0.175. The zero-order valence-electron chi connectivity index (χ0n) is 18.0. The Balaban J connectivity index is 1.70. The summed E-state index contributed by atoms with van der Waals surface area (Å²) in [6.45, 7) is 6.80. The first-order valence-electron chi connectivity index (χ1n) is 10.4. The van der Waals surface area contributed by atoms with Crippen LogP contribution in [0.3, 0.4) is 0 Å². The average Bonchev–Trinajstić information content (AvgIpc) is 3.41. The molecule has 4 rings (SSSR count). The molecule has 0 saturated heterocycles. The fourth-order valence-corrected chi connectivity index (χ4v) is 3.57. The van der Waals surface area contributed by atoms with Crippen LogP contribution in [0.5, 0.6) is 5.75 Å². The fourth-order valence-electron chi connectivity index (χ4n) is 3.57. The second-order valence-corrected chi connectivity index (χ2v) is 7.35. The molecule has 31 heavy (non-hydrogen) atoms. The Hall–Kier alpha value is -3.80. The Morgan fingerprint density at radius 3 is 2.42 bits per heavy atom. The number of aromatic nitrogens is 3. The van der Waals surface area contributed by atoms with Crippen molar-refractivity contribution in [3.8, 4) is 17.3 Å². The Kier molecular flexibility index (Phi) is 5.89. The van der Waals surface area contributed by atoms with Crippen molar-refractivity contribution in [2.45, 2.75) is 27.3 Å². The molecule has 6 nitrogen and oxygen atoms in total. The van der Waals surface area contributed by atoms with Gasteiger partial charge in [-0.25, -0.2) is 4.68 Å². The topological polar surface area (TPSA) is 61.1 Å². The molecule has 2 aromatic heterocycles. The van der Waals surface area contributed by atoms with Gasteiger partial charge >= 0.3 is 0 Å². The number of hydrogen-bond donors (Lipinski definition) is 1. The van der Waals surface area contributed by atoms with Gasteiger partial charge in [-0.1, -0.05) is 35.9 Å². The van der Waals surface area contributed by atoms with Gasteiger partial charge in [-0.3, -0.25) is 4.79 Å². The predicted molar refractivity (Wildman–Crippen MR) is 121 cm³/mol. The van der Waals surface area contributed by atoms with Crippen LogP contribution >= 0.6 is 0 Å². The number of nitrogens with zero attached hydrogens (tertiary/aromatic N) is 3. The largest absolute Gasteiger partial charge is 0.494 e. The van der Waals surface area contributed by atoms with E-state index in [1.165, 1.54) is 5.56 Å². The van der Waals surface area contributed by atoms with Crippen LogP contribution < -0.4 is 10.1 Å². The number of ether oxygens (including phenoxy) is 1. The molecule has 0 aliphatic rings. The Labute approximate surface area is 182 Å². The van der Waals surface area contributed by atoms with E-state index in [4.69, 9.17) is 9.84 Å². The van der Waals surface area contributed by atoms with Crippen LogP contribution in [0.15, 0.2) is 73.1 Å². The normalized spacial score (nSPS) is 10.8. The number of carbonyl (C=O) groups excluding carboxylic acids is 1. The lowest BCUT2D eigenvalue weighted by Crippen LogP contribution is -2.25. The molecule has 0 fully saturated rings. The van der Waals surface area contributed by atoms with Gasteiger partial charge in [0.1, 0.15) is 11.3 Å². The summed E-state index contributed by atoms with van der Waals surface area (Å²) >= 11 is 0. The van der Waals surface area contributed by atoms with Crippen LogP contribution in [0.2, 0.25) is 0 Å². The summed E-state index contributed by atoms with van der Waals surface area (Å²) < 4.78 is 9.42. The number of amides is 1. The SMILES string of the molecule is CCOc1ccccc1CNC(=O)c1c(C)nn(-c2ccc(C)cc2)c1-n1cccc1. The van der Waals surface area contributed by atoms with Crippen LogP contribution in [-0.2, 0) is 6.54 Å². The zero-order valence-corrected chi connectivity index (χ0v) is 18.0. The highest BCUT2D eigenvalue weighted by molar-refractivity contribution is 5.98. The number of benzene rings is 2. The van der Waals surface area contributed by atoms with Crippen molar-refractivity contribution < 1.29 is 9.53 Å². The lowest BCUT2D eigenvalue weighted by molar-refractivity contribution is 0.0950. The maximum absolute atomic E-state index is 13.3. The zero-order chi connectivity index (χ0) is 21.8. The molecule has 6 heteroatoms. The van der Waals surface area contributed by atoms with Gasteiger partial charge in [0.05, 0.1) is 18.0 Å². The third-order valence-electron chi connectivity index (χ3n) is 5.10. The van der Waals surface area contributed by atoms with E-state index in [1.54, 1.807) is 0 Å². The van der Waals surface area contributed by atoms with Gasteiger partial charge in [-0.05, 0) is 51.1 Å². The lowest BCUT2D eigenvalue weighted by Gasteiger charge is -2.13. The Bertz CT molecular complexity index is 1170. The molecule has 0 aliphatic heterocycles. The highest BCUT2D eigenvalue weighted by Gasteiger charge is 2.23. The predicted octanol–water partition coefficient (Wildman–Crippen LogP) is 4.61. The number of para-hydroxylation sites is 1. The molecule has 4 aromatic rings. The third-order valence-corrected chi connectivity index (χ3v) is 5.10. The summed E-state index contributed by atoms with van der Waals surface area (Å²) in [5, 5.41) is 7.75. The van der Waals surface area contributed by atoms with Gasteiger partial charge in [0, 0.05) is 24.5 Å². The summed E-state index contributed by atoms with van der Waals surface area (Å²) in [6, 6.07) is 19.7. The summed E-state index contributed by atoms with van der Waals surface area (Å²) in [5.74, 6) is 1.32. The van der Waals surface area contributed by atoms with Crippen molar-refractivity contribution in [1.29, 1.82) is 0 Å². The molecular weight excluding hydrogens is 388 g/mol. The maximum atomic E-state index is 13.3. The van der Waals surface area contributed by atoms with E-state index in [-0.39, 0.29) is 5.91 Å². The highest BCUT2D eigenvalue weighted by atomic mass is 16.5. The van der Waals surface area contributed by atoms with Gasteiger partial charge in [0.15, 0.2) is 5.82 Å². The number of carbonyl (C=O) groups is 1. The van der Waals surface area contributed by atoms with Crippen molar-refractivity contribution in [2.24, 2.45) is 0 Å². The number of rotatable bonds is 7. The summed E-state index contributed by atoms with van der Waals surface area (Å²) in [4.78, 5) is 13.3. The van der Waals surface area contributed by atoms with E-state index >= 15 is 0 Å². The van der Waals surface area contributed by atoms with E-state index in [1.807, 2.05) is 103 Å². The maximum Gasteiger partial charge on any atom is 0.257 e. The van der Waals surface area contributed by atoms with Crippen molar-refractivity contribution in [1.82, 2.24) is 19.7 Å². The molecule has 1 N–H and O–H groups in total. The van der Waals surface area contributed by atoms with Gasteiger partial charge in [0.2, 0.25) is 0 Å². The summed E-state index contributed by atoms with van der Waals surface area (Å²) in [6.07, 6.45) is 3.84. The van der Waals surface area contributed by atoms with Crippen LogP contribution in [0.4, 0.5) is 0 Å². The standard InChI is InChI=1S/C25H26N4O2/c1-4-31-22-10-6-5-9-20(22)17-26-24(30)23-19(3)27-29(21-13-11-18(2)12-14-21)25(23)28-15-7-8-16-28/h5-16H,4,17H2,1-3H3,(H,26,30). The van der Waals surface area contributed by atoms with Crippen LogP contribution in [-0.4, -0.2) is 26.9 Å². The number of nitrogens with one attached hydrogen (secondary N) is 1. The van der Waals surface area contributed by atoms with Crippen molar-refractivity contribution in [2.75, 3.05) is 6.61 Å². The summed E-state index contributed by atoms with van der Waals surface area (Å²) in [7, 11) is 0. The van der Waals surface area contributed by atoms with Gasteiger partial charge in [-0.2, -0.15) is 5.10 Å². The van der Waals surface area contributed by atoms with Gasteiger partial charge in [-0.15, -0.1) is 0 Å². The van der Waals surface area contributed by atoms with E-state index < -0.39 is 0 Å². The highest BCUT2D eigenvalue weighted by Crippen LogP contribution is 2.24. The lowest BCUT2D eigenvalue weighted by atomic mass is 10.1. The number of hydrogen-bond acceptors (Lipinski definition) is 3. The van der Waals surface area contributed by atoms with Crippen LogP contribution in [0, 0.1) is 13.8 Å². The molecule has 1 amide bonds. The van der Waals surface area contributed by atoms with Gasteiger partial charge in [0.25, 0.3) is 5.91 Å². The Morgan fingerprint density at radius 2 is 1.71 bits per heavy atom. The number of aryl methyl sites for hydroxylation is 2. The van der Waals surface area contributed by atoms with Crippen molar-refractivity contribution >= 4 is 5.91 Å². The molecule has 0 aliphatic carbocycles. The minimum absolute atomic E-state index is 0.175. The monoisotopic (exact) mass is 414 g/mol. The smallest absolute Gasteiger partial charge is 0.257 e. The molecule has 0 radical (unpaired) electrons. The molecule has 2 heterocycles. The van der Waals surface area contributed by atoms with Crippen LogP contribution in [0.25, 0.3) is 11.5 Å². The minimum Gasteiger partial charge on any atom is -0.494 e. The molecule has 2 aromatic carbocycles. The molecule has 0 saturated carbocycles. The quantitative estimate of drug-likeness (QED) is 0.480. The Morgan fingerprint density at radius 1 is 1.00 bits per heavy atom. The van der Waals surface area contributed by atoms with E-state index in [9.17, 15) is 4.79 Å². The fraction of sp³-hybridized carbons (Fsp3) is 0.200. The second kappa shape index (κ2) is 8.92. The first-order chi connectivity index (χ1) is 15.1. The third kappa shape index (κ3) is 4.23. The molecule has 0 bridgehead atoms. The molecule has 0 spiro atoms. The van der Waals surface area contributed by atoms with E-state index in [2.05, 4.69) is 5.32 Å². The van der Waals surface area contributed by atoms with E-state index in [0.29, 0.717) is 30.2 Å². The summed E-state index contributed by atoms with van der Waals surface area (Å²) in [5.41, 5.74) is 4.22. The molecular formula is C25H26N4O2. The molecule has 0 atom stereocenters. The van der Waals surface area contributed by atoms with Crippen LogP contribution in [0.1, 0.15) is 34.1 Å². The van der Waals surface area contributed by atoms with Crippen molar-refractivity contribution in [3.63, 3.8) is 0 Å². The van der Waals surface area contributed by atoms with E-state index in [0.717, 1.165) is 17.0 Å². The molecule has 158 valence electrons. The van der Waals surface area contributed by atoms with Gasteiger partial charge < -0.3 is 14.6 Å². The molecule has 0 unspecified atom stereocenters. The second-order valence-electron chi connectivity index (χ2n) is 7.35. The van der Waals surface area contributed by atoms with Crippen molar-refractivity contribution in [3.05, 3.63) is 95.4 Å². The first kappa shape index (κ1) is 20.5. The average molecular weight is 415 g/mol. The first-order valence-corrected chi connectivity index (χ1v) is 10.4.